The maximum absolute atomic E-state index is 13.5. The van der Waals surface area contributed by atoms with Crippen molar-refractivity contribution < 1.29 is 28.9 Å². The van der Waals surface area contributed by atoms with Crippen LogP contribution in [0.1, 0.15) is 31.9 Å². The van der Waals surface area contributed by atoms with Gasteiger partial charge in [-0.1, -0.05) is 48.5 Å². The standard InChI is InChI=1S/C24H27NO6/c1-17(26)29-15-20-22(19-12-8-5-9-13-19)25(28)21(16-30-20)24(2,3)23(27)31-14-18-10-6-4-7-11-18/h4-13,21,25H,14-16H2,1-3H3. The lowest BCUT2D eigenvalue weighted by atomic mass is 9.83. The molecule has 0 aliphatic carbocycles. The van der Waals surface area contributed by atoms with Gasteiger partial charge in [0.25, 0.3) is 0 Å². The highest BCUT2D eigenvalue weighted by atomic mass is 16.6. The van der Waals surface area contributed by atoms with E-state index >= 15 is 0 Å². The summed E-state index contributed by atoms with van der Waals surface area (Å²) in [5.41, 5.74) is 0.722. The van der Waals surface area contributed by atoms with Crippen molar-refractivity contribution in [2.24, 2.45) is 5.41 Å². The molecule has 164 valence electrons. The van der Waals surface area contributed by atoms with Crippen LogP contribution >= 0.6 is 0 Å². The molecule has 0 spiro atoms. The van der Waals surface area contributed by atoms with Gasteiger partial charge in [0, 0.05) is 12.5 Å². The molecule has 0 saturated heterocycles. The Hall–Kier alpha value is -3.16. The molecule has 2 aromatic rings. The van der Waals surface area contributed by atoms with Crippen LogP contribution in [0.25, 0.3) is 5.70 Å². The van der Waals surface area contributed by atoms with Crippen LogP contribution in [-0.2, 0) is 30.4 Å². The van der Waals surface area contributed by atoms with Crippen LogP contribution in [0, 0.1) is 10.6 Å². The number of quaternary nitrogens is 1. The van der Waals surface area contributed by atoms with Gasteiger partial charge >= 0.3 is 11.9 Å². The van der Waals surface area contributed by atoms with Crippen LogP contribution in [0.15, 0.2) is 66.4 Å². The first kappa shape index (κ1) is 22.5. The van der Waals surface area contributed by atoms with Gasteiger partial charge in [0.05, 0.1) is 0 Å². The van der Waals surface area contributed by atoms with Crippen molar-refractivity contribution in [3.8, 4) is 0 Å². The lowest BCUT2D eigenvalue weighted by Gasteiger charge is -2.43. The van der Waals surface area contributed by atoms with Crippen molar-refractivity contribution in [2.75, 3.05) is 13.2 Å². The van der Waals surface area contributed by atoms with E-state index in [0.717, 1.165) is 5.56 Å². The number of carbonyl (C=O) groups excluding carboxylic acids is 2. The van der Waals surface area contributed by atoms with Gasteiger partial charge in [0.2, 0.25) is 0 Å². The molecule has 0 fully saturated rings. The van der Waals surface area contributed by atoms with E-state index in [4.69, 9.17) is 14.2 Å². The number of esters is 2. The van der Waals surface area contributed by atoms with Crippen molar-refractivity contribution in [2.45, 2.75) is 33.4 Å². The molecular weight excluding hydrogens is 398 g/mol. The van der Waals surface area contributed by atoms with E-state index in [-0.39, 0.29) is 30.6 Å². The first-order valence-corrected chi connectivity index (χ1v) is 10.1. The van der Waals surface area contributed by atoms with Gasteiger partial charge in [-0.2, -0.15) is 0 Å². The van der Waals surface area contributed by atoms with E-state index in [1.807, 2.05) is 48.5 Å². The van der Waals surface area contributed by atoms with Gasteiger partial charge < -0.3 is 24.5 Å². The van der Waals surface area contributed by atoms with Crippen LogP contribution in [0.4, 0.5) is 0 Å². The zero-order valence-electron chi connectivity index (χ0n) is 17.9. The Morgan fingerprint density at radius 2 is 1.65 bits per heavy atom. The second kappa shape index (κ2) is 9.76. The van der Waals surface area contributed by atoms with Gasteiger partial charge in [0.1, 0.15) is 24.7 Å². The summed E-state index contributed by atoms with van der Waals surface area (Å²) in [6, 6.07) is 17.6. The number of benzene rings is 2. The highest BCUT2D eigenvalue weighted by Gasteiger charge is 2.47. The molecule has 7 nitrogen and oxygen atoms in total. The lowest BCUT2D eigenvalue weighted by Crippen LogP contribution is -3.12. The number of nitrogens with one attached hydrogen (secondary N) is 1. The zero-order valence-corrected chi connectivity index (χ0v) is 17.9. The second-order valence-corrected chi connectivity index (χ2v) is 7.96. The van der Waals surface area contributed by atoms with Crippen molar-refractivity contribution in [3.63, 3.8) is 0 Å². The highest BCUT2D eigenvalue weighted by molar-refractivity contribution is 5.77. The third kappa shape index (κ3) is 5.31. The third-order valence-electron chi connectivity index (χ3n) is 5.34. The predicted molar refractivity (Wildman–Crippen MR) is 114 cm³/mol. The molecule has 1 heterocycles. The maximum atomic E-state index is 13.5. The topological polar surface area (TPSA) is 89.3 Å². The number of carbonyl (C=O) groups is 2. The minimum atomic E-state index is -1.11. The average molecular weight is 425 g/mol. The second-order valence-electron chi connectivity index (χ2n) is 7.96. The molecule has 0 aromatic heterocycles. The zero-order chi connectivity index (χ0) is 22.4. The smallest absolute Gasteiger partial charge is 0.318 e. The Balaban J connectivity index is 1.83. The van der Waals surface area contributed by atoms with Gasteiger partial charge in [-0.25, -0.2) is 0 Å². The Labute approximate surface area is 181 Å². The largest absolute Gasteiger partial charge is 0.628 e. The van der Waals surface area contributed by atoms with Crippen LogP contribution in [0.2, 0.25) is 0 Å². The van der Waals surface area contributed by atoms with E-state index in [1.165, 1.54) is 6.92 Å². The van der Waals surface area contributed by atoms with E-state index in [9.17, 15) is 14.8 Å². The van der Waals surface area contributed by atoms with Gasteiger partial charge in [-0.3, -0.25) is 9.59 Å². The minimum Gasteiger partial charge on any atom is -0.628 e. The summed E-state index contributed by atoms with van der Waals surface area (Å²) < 4.78 is 16.4. The Kier molecular flexibility index (Phi) is 7.09. The fraction of sp³-hybridized carbons (Fsp3) is 0.333. The Morgan fingerprint density at radius 1 is 1.03 bits per heavy atom. The minimum absolute atomic E-state index is 0.000792. The molecule has 31 heavy (non-hydrogen) atoms. The summed E-state index contributed by atoms with van der Waals surface area (Å²) >= 11 is 0. The normalized spacial score (nSPS) is 18.8. The Bertz CT molecular complexity index is 939. The van der Waals surface area contributed by atoms with Crippen LogP contribution in [0.3, 0.4) is 0 Å². The number of ether oxygens (including phenoxy) is 3. The lowest BCUT2D eigenvalue weighted by molar-refractivity contribution is -0.814. The van der Waals surface area contributed by atoms with Crippen LogP contribution in [-0.4, -0.2) is 31.2 Å². The first-order chi connectivity index (χ1) is 14.8. The summed E-state index contributed by atoms with van der Waals surface area (Å²) in [4.78, 5) is 24.2. The van der Waals surface area contributed by atoms with Gasteiger partial charge in [0.15, 0.2) is 18.1 Å². The van der Waals surface area contributed by atoms with Crippen LogP contribution in [0.5, 0.6) is 0 Å². The van der Waals surface area contributed by atoms with Gasteiger partial charge in [-0.05, 0) is 31.5 Å². The van der Waals surface area contributed by atoms with Gasteiger partial charge in [-0.15, -0.1) is 0 Å². The highest BCUT2D eigenvalue weighted by Crippen LogP contribution is 2.28. The number of rotatable bonds is 7. The summed E-state index contributed by atoms with van der Waals surface area (Å²) in [6.45, 7) is 4.65. The molecule has 0 amide bonds. The van der Waals surface area contributed by atoms with Crippen molar-refractivity contribution in [3.05, 3.63) is 82.8 Å². The fourth-order valence-electron chi connectivity index (χ4n) is 3.42. The van der Waals surface area contributed by atoms with Crippen molar-refractivity contribution in [1.29, 1.82) is 0 Å². The van der Waals surface area contributed by atoms with E-state index in [2.05, 4.69) is 0 Å². The summed E-state index contributed by atoms with van der Waals surface area (Å²) in [7, 11) is 0. The number of hydrogen-bond acceptors (Lipinski definition) is 6. The van der Waals surface area contributed by atoms with Crippen LogP contribution < -0.4 is 5.06 Å². The maximum Gasteiger partial charge on any atom is 0.318 e. The quantitative estimate of drug-likeness (QED) is 0.542. The molecule has 0 radical (unpaired) electrons. The molecule has 1 N–H and O–H groups in total. The molecular formula is C24H27NO6. The summed E-state index contributed by atoms with van der Waals surface area (Å²) in [6.07, 6.45) is 0. The SMILES string of the molecule is CC(=O)OCC1=C(c2ccccc2)[NH+]([O-])C(C(C)(C)C(=O)OCc2ccccc2)CO1. The molecule has 0 bridgehead atoms. The van der Waals surface area contributed by atoms with E-state index in [0.29, 0.717) is 11.3 Å². The third-order valence-corrected chi connectivity index (χ3v) is 5.34. The van der Waals surface area contributed by atoms with E-state index < -0.39 is 23.4 Å². The molecule has 2 aromatic carbocycles. The Morgan fingerprint density at radius 3 is 2.26 bits per heavy atom. The molecule has 1 aliphatic rings. The molecule has 2 atom stereocenters. The molecule has 3 rings (SSSR count). The first-order valence-electron chi connectivity index (χ1n) is 10.1. The monoisotopic (exact) mass is 425 g/mol. The molecule has 2 unspecified atom stereocenters. The summed E-state index contributed by atoms with van der Waals surface area (Å²) in [5, 5.41) is 13.3. The van der Waals surface area contributed by atoms with Crippen molar-refractivity contribution in [1.82, 2.24) is 0 Å². The average Bonchev–Trinajstić information content (AvgIpc) is 2.77. The number of hydrogen-bond donors (Lipinski definition) is 1. The predicted octanol–water partition coefficient (Wildman–Crippen LogP) is 2.47. The van der Waals surface area contributed by atoms with E-state index in [1.54, 1.807) is 26.0 Å². The molecule has 7 heteroatoms. The summed E-state index contributed by atoms with van der Waals surface area (Å²) in [5.74, 6) is -0.659. The molecule has 1 aliphatic heterocycles. The fourth-order valence-corrected chi connectivity index (χ4v) is 3.42. The molecule has 0 saturated carbocycles. The van der Waals surface area contributed by atoms with Crippen molar-refractivity contribution >= 4 is 17.6 Å². The number of hydroxylamine groups is 2.